The number of benzene rings is 1. The second-order valence-corrected chi connectivity index (χ2v) is 8.80. The molecule has 0 amide bonds. The van der Waals surface area contributed by atoms with Crippen LogP contribution < -0.4 is 5.73 Å². The van der Waals surface area contributed by atoms with E-state index in [1.165, 1.54) is 0 Å². The molecule has 1 aromatic heterocycles. The quantitative estimate of drug-likeness (QED) is 0.835. The van der Waals surface area contributed by atoms with Gasteiger partial charge in [-0.2, -0.15) is 0 Å². The number of aromatic nitrogens is 1. The van der Waals surface area contributed by atoms with E-state index in [2.05, 4.69) is 4.98 Å². The van der Waals surface area contributed by atoms with Crippen molar-refractivity contribution < 1.29 is 17.0 Å². The third kappa shape index (κ3) is 3.18. The van der Waals surface area contributed by atoms with Crippen LogP contribution in [0, 0.1) is 0 Å². The molecule has 6 nitrogen and oxygen atoms in total. The van der Waals surface area contributed by atoms with E-state index < -0.39 is 25.9 Å². The molecule has 20 heavy (non-hydrogen) atoms. The summed E-state index contributed by atoms with van der Waals surface area (Å²) in [6, 6.07) is 4.92. The van der Waals surface area contributed by atoms with Crippen LogP contribution in [-0.2, 0) is 20.6 Å². The molecule has 2 rings (SSSR count). The lowest BCUT2D eigenvalue weighted by Gasteiger charge is -2.05. The number of hydrogen-bond donors (Lipinski definition) is 1. The van der Waals surface area contributed by atoms with Crippen molar-refractivity contribution in [3.8, 4) is 0 Å². The minimum Gasteiger partial charge on any atom is -0.430 e. The maximum absolute atomic E-state index is 12.0. The van der Waals surface area contributed by atoms with E-state index in [0.29, 0.717) is 16.8 Å². The van der Waals surface area contributed by atoms with Crippen molar-refractivity contribution >= 4 is 37.4 Å². The monoisotopic (exact) mass is 316 g/mol. The summed E-state index contributed by atoms with van der Waals surface area (Å²) >= 11 is 0. The molecule has 0 spiro atoms. The zero-order valence-corrected chi connectivity index (χ0v) is 12.8. The third-order valence-corrected chi connectivity index (χ3v) is 6.47. The van der Waals surface area contributed by atoms with Crippen molar-refractivity contribution in [2.24, 2.45) is 0 Å². The Kier molecular flexibility index (Phi) is 4.14. The molecule has 8 heteroatoms. The molecule has 0 aliphatic carbocycles. The highest BCUT2D eigenvalue weighted by molar-refractivity contribution is 7.93. The number of nitrogens with zero attached hydrogens (tertiary/aromatic N) is 1. The lowest BCUT2D eigenvalue weighted by atomic mass is 10.3. The zero-order valence-electron chi connectivity index (χ0n) is 11.2. The van der Waals surface area contributed by atoms with Crippen molar-refractivity contribution in [2.75, 3.05) is 17.2 Å². The van der Waals surface area contributed by atoms with Crippen LogP contribution in [0.2, 0.25) is 0 Å². The number of fused-ring (bicyclic) bond motifs is 1. The van der Waals surface area contributed by atoms with Gasteiger partial charge in [0.25, 0.3) is 5.22 Å². The van der Waals surface area contributed by atoms with Gasteiger partial charge in [-0.25, -0.2) is 17.6 Å². The maximum Gasteiger partial charge on any atom is 0.287 e. The Balaban J connectivity index is 2.16. The second kappa shape index (κ2) is 5.53. The minimum atomic E-state index is -3.22. The molecular formula is C12H16N2O4S2. The van der Waals surface area contributed by atoms with Crippen LogP contribution in [0.1, 0.15) is 13.8 Å². The second-order valence-electron chi connectivity index (χ2n) is 4.67. The molecule has 0 aliphatic heterocycles. The first-order valence-electron chi connectivity index (χ1n) is 6.05. The lowest BCUT2D eigenvalue weighted by Crippen LogP contribution is -2.21. The molecule has 1 heterocycles. The van der Waals surface area contributed by atoms with E-state index in [1.807, 2.05) is 0 Å². The Labute approximate surface area is 119 Å². The molecule has 0 aliphatic rings. The van der Waals surface area contributed by atoms with E-state index in [9.17, 15) is 12.6 Å². The van der Waals surface area contributed by atoms with Crippen molar-refractivity contribution in [3.63, 3.8) is 0 Å². The Bertz CT molecular complexity index is 750. The van der Waals surface area contributed by atoms with Crippen LogP contribution in [0.3, 0.4) is 0 Å². The van der Waals surface area contributed by atoms with Crippen LogP contribution in [0.15, 0.2) is 27.8 Å². The molecule has 0 saturated heterocycles. The normalized spacial score (nSPS) is 13.9. The summed E-state index contributed by atoms with van der Waals surface area (Å²) in [6.07, 6.45) is 0. The van der Waals surface area contributed by atoms with E-state index >= 15 is 0 Å². The predicted octanol–water partition coefficient (Wildman–Crippen LogP) is 1.34. The maximum atomic E-state index is 12.0. The van der Waals surface area contributed by atoms with Crippen LogP contribution in [0.4, 0.5) is 5.69 Å². The summed E-state index contributed by atoms with van der Waals surface area (Å²) in [7, 11) is -4.80. The average Bonchev–Trinajstić information content (AvgIpc) is 2.78. The Morgan fingerprint density at radius 2 is 2.10 bits per heavy atom. The molecule has 1 unspecified atom stereocenters. The summed E-state index contributed by atoms with van der Waals surface area (Å²) in [5.74, 6) is -0.180. The number of oxazole rings is 1. The van der Waals surface area contributed by atoms with E-state index in [0.717, 1.165) is 0 Å². The number of hydrogen-bond acceptors (Lipinski definition) is 6. The van der Waals surface area contributed by atoms with Crippen molar-refractivity contribution in [1.29, 1.82) is 0 Å². The van der Waals surface area contributed by atoms with Gasteiger partial charge in [0.05, 0.1) is 11.0 Å². The molecule has 110 valence electrons. The molecule has 2 aromatic rings. The smallest absolute Gasteiger partial charge is 0.287 e. The molecule has 0 bridgehead atoms. The summed E-state index contributed by atoms with van der Waals surface area (Å²) in [5, 5.41) is -0.451. The van der Waals surface area contributed by atoms with Gasteiger partial charge in [0, 0.05) is 17.5 Å². The van der Waals surface area contributed by atoms with Crippen molar-refractivity contribution in [2.45, 2.75) is 24.3 Å². The Hall–Kier alpha value is -1.41. The summed E-state index contributed by atoms with van der Waals surface area (Å²) in [4.78, 5) is 4.08. The number of nitrogens with two attached hydrogens (primary N) is 1. The fourth-order valence-electron chi connectivity index (χ4n) is 1.53. The van der Waals surface area contributed by atoms with Crippen LogP contribution in [0.25, 0.3) is 11.1 Å². The Morgan fingerprint density at radius 1 is 1.40 bits per heavy atom. The first-order valence-corrected chi connectivity index (χ1v) is 9.09. The van der Waals surface area contributed by atoms with Crippen molar-refractivity contribution in [1.82, 2.24) is 4.98 Å². The average molecular weight is 316 g/mol. The molecule has 2 N–H and O–H groups in total. The molecular weight excluding hydrogens is 300 g/mol. The highest BCUT2D eigenvalue weighted by atomic mass is 32.2. The molecule has 1 aromatic carbocycles. The summed E-state index contributed by atoms with van der Waals surface area (Å²) in [6.45, 7) is 3.20. The van der Waals surface area contributed by atoms with E-state index in [1.54, 1.807) is 32.0 Å². The largest absolute Gasteiger partial charge is 0.430 e. The van der Waals surface area contributed by atoms with Gasteiger partial charge in [-0.3, -0.25) is 0 Å². The molecule has 0 saturated carbocycles. The summed E-state index contributed by atoms with van der Waals surface area (Å²) < 4.78 is 40.7. The van der Waals surface area contributed by atoms with Gasteiger partial charge in [0.1, 0.15) is 16.3 Å². The van der Waals surface area contributed by atoms with Crippen LogP contribution in [-0.4, -0.2) is 34.4 Å². The molecule has 0 radical (unpaired) electrons. The lowest BCUT2D eigenvalue weighted by molar-refractivity contribution is 0.478. The highest BCUT2D eigenvalue weighted by Crippen LogP contribution is 2.20. The number of anilines is 1. The SMILES string of the molecule is CC(C)S(=O)(=O)CCS(=O)c1nc2ccc(N)cc2o1. The molecule has 1 atom stereocenters. The zero-order chi connectivity index (χ0) is 14.9. The van der Waals surface area contributed by atoms with Gasteiger partial charge < -0.3 is 10.2 Å². The highest BCUT2D eigenvalue weighted by Gasteiger charge is 2.20. The number of rotatable bonds is 5. The van der Waals surface area contributed by atoms with Gasteiger partial charge in [-0.05, 0) is 26.0 Å². The summed E-state index contributed by atoms with van der Waals surface area (Å²) in [5.41, 5.74) is 7.13. The minimum absolute atomic E-state index is 0.0250. The van der Waals surface area contributed by atoms with E-state index in [-0.39, 0.29) is 16.7 Å². The van der Waals surface area contributed by atoms with Gasteiger partial charge >= 0.3 is 0 Å². The van der Waals surface area contributed by atoms with Crippen molar-refractivity contribution in [3.05, 3.63) is 18.2 Å². The predicted molar refractivity (Wildman–Crippen MR) is 78.6 cm³/mol. The van der Waals surface area contributed by atoms with E-state index in [4.69, 9.17) is 10.2 Å². The number of sulfone groups is 1. The van der Waals surface area contributed by atoms with Gasteiger partial charge in [0.15, 0.2) is 15.4 Å². The molecule has 0 fully saturated rings. The van der Waals surface area contributed by atoms with Crippen LogP contribution in [0.5, 0.6) is 0 Å². The number of nitrogen functional groups attached to an aromatic ring is 1. The first kappa shape index (κ1) is 15.0. The van der Waals surface area contributed by atoms with Gasteiger partial charge in [-0.1, -0.05) is 0 Å². The Morgan fingerprint density at radius 3 is 2.75 bits per heavy atom. The van der Waals surface area contributed by atoms with Gasteiger partial charge in [0.2, 0.25) is 0 Å². The van der Waals surface area contributed by atoms with Crippen LogP contribution >= 0.6 is 0 Å². The fraction of sp³-hybridized carbons (Fsp3) is 0.417. The fourth-order valence-corrected chi connectivity index (χ4v) is 4.10. The first-order chi connectivity index (χ1) is 9.29. The van der Waals surface area contributed by atoms with Gasteiger partial charge in [-0.15, -0.1) is 0 Å². The topological polar surface area (TPSA) is 103 Å². The third-order valence-electron chi connectivity index (χ3n) is 2.86. The standard InChI is InChI=1S/C12H16N2O4S2/c1-8(2)20(16,17)6-5-19(15)12-14-10-4-3-9(13)7-11(10)18-12/h3-4,7-8H,5-6,13H2,1-2H3.